The summed E-state index contributed by atoms with van der Waals surface area (Å²) in [5.74, 6) is -1.15. The summed E-state index contributed by atoms with van der Waals surface area (Å²) >= 11 is 1.51. The molecule has 0 unspecified atom stereocenters. The summed E-state index contributed by atoms with van der Waals surface area (Å²) < 4.78 is 37.8. The number of thiazole rings is 1. The van der Waals surface area contributed by atoms with Gasteiger partial charge in [-0.05, 0) is 12.8 Å². The number of hydrogen-bond donors (Lipinski definition) is 1. The van der Waals surface area contributed by atoms with Crippen LogP contribution in [-0.2, 0) is 6.54 Å². The van der Waals surface area contributed by atoms with Gasteiger partial charge in [-0.3, -0.25) is 0 Å². The van der Waals surface area contributed by atoms with Crippen LogP contribution < -0.4 is 10.2 Å². The van der Waals surface area contributed by atoms with Crippen LogP contribution in [0.3, 0.4) is 0 Å². The van der Waals surface area contributed by atoms with Crippen molar-refractivity contribution in [2.45, 2.75) is 45.5 Å². The zero-order valence-electron chi connectivity index (χ0n) is 11.7. The third-order valence-corrected chi connectivity index (χ3v) is 4.41. The monoisotopic (exact) mass is 307 g/mol. The molecule has 3 nitrogen and oxygen atoms in total. The van der Waals surface area contributed by atoms with E-state index in [0.29, 0.717) is 25.7 Å². The SMILES string of the molecule is CC(C)NCc1csc(N2CCC(C(F)(F)F)CC2)n1. The Hall–Kier alpha value is -0.820. The van der Waals surface area contributed by atoms with E-state index in [1.54, 1.807) is 0 Å². The number of halogens is 3. The van der Waals surface area contributed by atoms with Crippen LogP contribution in [-0.4, -0.2) is 30.3 Å². The zero-order valence-corrected chi connectivity index (χ0v) is 12.5. The molecule has 0 aliphatic carbocycles. The van der Waals surface area contributed by atoms with Gasteiger partial charge >= 0.3 is 6.18 Å². The number of hydrogen-bond acceptors (Lipinski definition) is 4. The maximum Gasteiger partial charge on any atom is 0.391 e. The Bertz CT molecular complexity index is 423. The maximum absolute atomic E-state index is 12.6. The highest BCUT2D eigenvalue weighted by Gasteiger charge is 2.41. The molecule has 0 aromatic carbocycles. The average molecular weight is 307 g/mol. The Morgan fingerprint density at radius 2 is 2.05 bits per heavy atom. The van der Waals surface area contributed by atoms with Crippen molar-refractivity contribution < 1.29 is 13.2 Å². The molecule has 0 saturated carbocycles. The largest absolute Gasteiger partial charge is 0.391 e. The normalized spacial score (nSPS) is 18.0. The fourth-order valence-corrected chi connectivity index (χ4v) is 3.11. The lowest BCUT2D eigenvalue weighted by molar-refractivity contribution is -0.179. The smallest absolute Gasteiger partial charge is 0.348 e. The summed E-state index contributed by atoms with van der Waals surface area (Å²) in [6.45, 7) is 5.71. The van der Waals surface area contributed by atoms with Crippen molar-refractivity contribution in [1.29, 1.82) is 0 Å². The highest BCUT2D eigenvalue weighted by molar-refractivity contribution is 7.13. The van der Waals surface area contributed by atoms with Gasteiger partial charge in [-0.25, -0.2) is 4.98 Å². The predicted molar refractivity (Wildman–Crippen MR) is 75.1 cm³/mol. The van der Waals surface area contributed by atoms with Gasteiger partial charge in [-0.2, -0.15) is 13.2 Å². The maximum atomic E-state index is 12.6. The van der Waals surface area contributed by atoms with Gasteiger partial charge in [-0.15, -0.1) is 11.3 Å². The second-order valence-electron chi connectivity index (χ2n) is 5.46. The van der Waals surface area contributed by atoms with Crippen LogP contribution in [0.4, 0.5) is 18.3 Å². The number of nitrogens with zero attached hydrogens (tertiary/aromatic N) is 2. The molecule has 1 saturated heterocycles. The van der Waals surface area contributed by atoms with Gasteiger partial charge in [0.2, 0.25) is 0 Å². The van der Waals surface area contributed by atoms with E-state index in [-0.39, 0.29) is 12.8 Å². The minimum atomic E-state index is -4.05. The van der Waals surface area contributed by atoms with Gasteiger partial charge in [0.15, 0.2) is 5.13 Å². The summed E-state index contributed by atoms with van der Waals surface area (Å²) in [5.41, 5.74) is 0.955. The topological polar surface area (TPSA) is 28.2 Å². The molecule has 0 atom stereocenters. The van der Waals surface area contributed by atoms with Crippen LogP contribution in [0.1, 0.15) is 32.4 Å². The molecule has 0 bridgehead atoms. The van der Waals surface area contributed by atoms with E-state index < -0.39 is 12.1 Å². The number of anilines is 1. The lowest BCUT2D eigenvalue weighted by Gasteiger charge is -2.32. The number of aromatic nitrogens is 1. The minimum Gasteiger partial charge on any atom is -0.348 e. The van der Waals surface area contributed by atoms with Gasteiger partial charge in [0, 0.05) is 31.1 Å². The van der Waals surface area contributed by atoms with E-state index in [1.165, 1.54) is 11.3 Å². The molecular formula is C13H20F3N3S. The van der Waals surface area contributed by atoms with Crippen molar-refractivity contribution in [2.75, 3.05) is 18.0 Å². The average Bonchev–Trinajstić information content (AvgIpc) is 2.84. The molecule has 1 aromatic heterocycles. The Morgan fingerprint density at radius 1 is 1.40 bits per heavy atom. The van der Waals surface area contributed by atoms with Crippen molar-refractivity contribution >= 4 is 16.5 Å². The van der Waals surface area contributed by atoms with E-state index in [9.17, 15) is 13.2 Å². The third kappa shape index (κ3) is 4.09. The molecule has 20 heavy (non-hydrogen) atoms. The fraction of sp³-hybridized carbons (Fsp3) is 0.769. The molecule has 114 valence electrons. The second-order valence-corrected chi connectivity index (χ2v) is 6.30. The standard InChI is InChI=1S/C13H20F3N3S/c1-9(2)17-7-11-8-20-12(18-11)19-5-3-10(4-6-19)13(14,15)16/h8-10,17H,3-7H2,1-2H3. The van der Waals surface area contributed by atoms with Crippen LogP contribution >= 0.6 is 11.3 Å². The number of nitrogens with one attached hydrogen (secondary N) is 1. The Balaban J connectivity index is 1.88. The first kappa shape index (κ1) is 15.6. The number of piperidine rings is 1. The molecule has 2 heterocycles. The fourth-order valence-electron chi connectivity index (χ4n) is 2.23. The summed E-state index contributed by atoms with van der Waals surface area (Å²) in [4.78, 5) is 6.46. The lowest BCUT2D eigenvalue weighted by atomic mass is 9.97. The molecule has 1 fully saturated rings. The molecule has 1 N–H and O–H groups in total. The van der Waals surface area contributed by atoms with Gasteiger partial charge in [0.05, 0.1) is 11.6 Å². The zero-order chi connectivity index (χ0) is 14.8. The minimum absolute atomic E-state index is 0.169. The Labute approximate surface area is 121 Å². The molecule has 0 radical (unpaired) electrons. The summed E-state index contributed by atoms with van der Waals surface area (Å²) in [7, 11) is 0. The molecule has 1 aromatic rings. The molecule has 7 heteroatoms. The summed E-state index contributed by atoms with van der Waals surface area (Å²) in [5, 5.41) is 6.09. The molecular weight excluding hydrogens is 287 g/mol. The highest BCUT2D eigenvalue weighted by atomic mass is 32.1. The first-order valence-electron chi connectivity index (χ1n) is 6.85. The molecule has 0 amide bonds. The summed E-state index contributed by atoms with van der Waals surface area (Å²) in [6.07, 6.45) is -3.72. The number of rotatable bonds is 4. The Kier molecular flexibility index (Phi) is 4.90. The molecule has 1 aliphatic rings. The van der Waals surface area contributed by atoms with Crippen molar-refractivity contribution in [3.05, 3.63) is 11.1 Å². The van der Waals surface area contributed by atoms with Crippen molar-refractivity contribution in [3.63, 3.8) is 0 Å². The van der Waals surface area contributed by atoms with Crippen LogP contribution in [0.25, 0.3) is 0 Å². The first-order chi connectivity index (χ1) is 9.36. The van der Waals surface area contributed by atoms with Crippen molar-refractivity contribution in [2.24, 2.45) is 5.92 Å². The lowest BCUT2D eigenvalue weighted by Crippen LogP contribution is -2.39. The summed E-state index contributed by atoms with van der Waals surface area (Å²) in [6, 6.07) is 0.391. The third-order valence-electron chi connectivity index (χ3n) is 3.46. The molecule has 1 aliphatic heterocycles. The Morgan fingerprint density at radius 3 is 2.60 bits per heavy atom. The van der Waals surface area contributed by atoms with Gasteiger partial charge in [-0.1, -0.05) is 13.8 Å². The second kappa shape index (κ2) is 6.30. The van der Waals surface area contributed by atoms with Crippen molar-refractivity contribution in [3.8, 4) is 0 Å². The van der Waals surface area contributed by atoms with Crippen LogP contribution in [0.15, 0.2) is 5.38 Å². The predicted octanol–water partition coefficient (Wildman–Crippen LogP) is 3.42. The van der Waals surface area contributed by atoms with Gasteiger partial charge < -0.3 is 10.2 Å². The van der Waals surface area contributed by atoms with Gasteiger partial charge in [0.25, 0.3) is 0 Å². The van der Waals surface area contributed by atoms with E-state index in [4.69, 9.17) is 0 Å². The highest BCUT2D eigenvalue weighted by Crippen LogP contribution is 2.35. The van der Waals surface area contributed by atoms with E-state index in [0.717, 1.165) is 10.8 Å². The molecule has 2 rings (SSSR count). The van der Waals surface area contributed by atoms with Crippen molar-refractivity contribution in [1.82, 2.24) is 10.3 Å². The quantitative estimate of drug-likeness (QED) is 0.924. The van der Waals surface area contributed by atoms with E-state index in [2.05, 4.69) is 24.1 Å². The number of alkyl halides is 3. The van der Waals surface area contributed by atoms with Crippen LogP contribution in [0, 0.1) is 5.92 Å². The van der Waals surface area contributed by atoms with Crippen LogP contribution in [0.5, 0.6) is 0 Å². The van der Waals surface area contributed by atoms with E-state index in [1.807, 2.05) is 10.3 Å². The molecule has 0 spiro atoms. The van der Waals surface area contributed by atoms with E-state index >= 15 is 0 Å². The first-order valence-corrected chi connectivity index (χ1v) is 7.73. The van der Waals surface area contributed by atoms with Gasteiger partial charge in [0.1, 0.15) is 0 Å². The van der Waals surface area contributed by atoms with Crippen LogP contribution in [0.2, 0.25) is 0 Å².